The van der Waals surface area contributed by atoms with E-state index in [1.54, 1.807) is 0 Å². The Labute approximate surface area is 117 Å². The number of H-pyrrole nitrogens is 1. The van der Waals surface area contributed by atoms with E-state index in [0.29, 0.717) is 11.7 Å². The highest BCUT2D eigenvalue weighted by Crippen LogP contribution is 2.17. The van der Waals surface area contributed by atoms with Crippen molar-refractivity contribution in [3.63, 3.8) is 0 Å². The number of anilines is 1. The normalized spacial score (nSPS) is 19.6. The van der Waals surface area contributed by atoms with Crippen molar-refractivity contribution >= 4 is 11.5 Å². The predicted octanol–water partition coefficient (Wildman–Crippen LogP) is 0.386. The molecular formula is C13H20N6O. The molecule has 0 saturated carbocycles. The quantitative estimate of drug-likeness (QED) is 0.844. The van der Waals surface area contributed by atoms with Crippen molar-refractivity contribution in [3.05, 3.63) is 22.6 Å². The van der Waals surface area contributed by atoms with E-state index < -0.39 is 0 Å². The molecule has 3 heterocycles. The van der Waals surface area contributed by atoms with Gasteiger partial charge in [-0.25, -0.2) is 9.89 Å². The maximum absolute atomic E-state index is 11.6. The maximum Gasteiger partial charge on any atom is 0.364 e. The Bertz CT molecular complexity index is 633. The molecule has 3 rings (SSSR count). The Morgan fingerprint density at radius 1 is 1.50 bits per heavy atom. The van der Waals surface area contributed by atoms with Gasteiger partial charge in [0.25, 0.3) is 0 Å². The number of fused-ring (bicyclic) bond motifs is 1. The van der Waals surface area contributed by atoms with E-state index in [-0.39, 0.29) is 5.69 Å². The smallest absolute Gasteiger partial charge is 0.354 e. The zero-order valence-corrected chi connectivity index (χ0v) is 11.7. The lowest BCUT2D eigenvalue weighted by molar-refractivity contribution is 0.421. The molecule has 1 aliphatic heterocycles. The molecule has 2 aromatic rings. The number of nitrogens with one attached hydrogen (secondary N) is 2. The molecule has 1 unspecified atom stereocenters. The van der Waals surface area contributed by atoms with Crippen LogP contribution in [0.25, 0.3) is 5.65 Å². The van der Waals surface area contributed by atoms with Crippen LogP contribution in [0.2, 0.25) is 0 Å². The van der Waals surface area contributed by atoms with E-state index >= 15 is 0 Å². The van der Waals surface area contributed by atoms with Crippen LogP contribution in [0.5, 0.6) is 0 Å². The van der Waals surface area contributed by atoms with Gasteiger partial charge < -0.3 is 10.2 Å². The van der Waals surface area contributed by atoms with Crippen LogP contribution in [0.4, 0.5) is 5.82 Å². The van der Waals surface area contributed by atoms with E-state index in [4.69, 9.17) is 0 Å². The lowest BCUT2D eigenvalue weighted by atomic mass is 10.1. The van der Waals surface area contributed by atoms with Crippen molar-refractivity contribution in [2.24, 2.45) is 0 Å². The zero-order chi connectivity index (χ0) is 13.9. The third-order valence-corrected chi connectivity index (χ3v) is 3.69. The summed E-state index contributed by atoms with van der Waals surface area (Å²) in [5.74, 6) is 0.837. The van der Waals surface area contributed by atoms with Gasteiger partial charge in [-0.3, -0.25) is 0 Å². The highest BCUT2D eigenvalue weighted by Gasteiger charge is 2.20. The summed E-state index contributed by atoms with van der Waals surface area (Å²) in [5, 5.41) is 14.2. The summed E-state index contributed by atoms with van der Waals surface area (Å²) in [6, 6.07) is 4.25. The van der Waals surface area contributed by atoms with E-state index in [2.05, 4.69) is 32.4 Å². The number of piperidine rings is 1. The van der Waals surface area contributed by atoms with Crippen molar-refractivity contribution < 1.29 is 0 Å². The standard InChI is InChI=1S/C13H20N6O/c1-2-7-14-10-4-3-8-18(9-10)12-6-5-11-15-16-13(20)19(11)17-12/h5-6,10,14H,2-4,7-9H2,1H3,(H,16,20). The van der Waals surface area contributed by atoms with E-state index in [0.717, 1.165) is 38.3 Å². The molecular weight excluding hydrogens is 256 g/mol. The molecule has 1 fully saturated rings. The topological polar surface area (TPSA) is 78.3 Å². The third-order valence-electron chi connectivity index (χ3n) is 3.69. The van der Waals surface area contributed by atoms with Crippen molar-refractivity contribution in [2.75, 3.05) is 24.5 Å². The third kappa shape index (κ3) is 2.53. The van der Waals surface area contributed by atoms with Crippen molar-refractivity contribution in [3.8, 4) is 0 Å². The maximum atomic E-state index is 11.6. The average Bonchev–Trinajstić information content (AvgIpc) is 2.86. The molecule has 0 aliphatic carbocycles. The van der Waals surface area contributed by atoms with Crippen molar-refractivity contribution in [1.29, 1.82) is 0 Å². The second-order valence-electron chi connectivity index (χ2n) is 5.23. The van der Waals surface area contributed by atoms with Crippen molar-refractivity contribution in [1.82, 2.24) is 25.1 Å². The minimum absolute atomic E-state index is 0.292. The van der Waals surface area contributed by atoms with Crippen LogP contribution in [0.3, 0.4) is 0 Å². The molecule has 0 bridgehead atoms. The highest BCUT2D eigenvalue weighted by atomic mass is 16.2. The fourth-order valence-electron chi connectivity index (χ4n) is 2.66. The van der Waals surface area contributed by atoms with Gasteiger partial charge in [0.15, 0.2) is 5.65 Å². The first-order valence-electron chi connectivity index (χ1n) is 7.20. The molecule has 1 aliphatic rings. The summed E-state index contributed by atoms with van der Waals surface area (Å²) in [4.78, 5) is 13.8. The summed E-state index contributed by atoms with van der Waals surface area (Å²) in [5.41, 5.74) is 0.260. The molecule has 0 aromatic carbocycles. The number of rotatable bonds is 4. The lowest BCUT2D eigenvalue weighted by Gasteiger charge is -2.33. The lowest BCUT2D eigenvalue weighted by Crippen LogP contribution is -2.46. The zero-order valence-electron chi connectivity index (χ0n) is 11.7. The Morgan fingerprint density at radius 3 is 3.25 bits per heavy atom. The van der Waals surface area contributed by atoms with Gasteiger partial charge in [-0.05, 0) is 37.9 Å². The van der Waals surface area contributed by atoms with Gasteiger partial charge in [-0.1, -0.05) is 6.92 Å². The van der Waals surface area contributed by atoms with Crippen LogP contribution in [-0.4, -0.2) is 45.5 Å². The molecule has 0 amide bonds. The van der Waals surface area contributed by atoms with Crippen LogP contribution in [-0.2, 0) is 0 Å². The molecule has 1 atom stereocenters. The van der Waals surface area contributed by atoms with E-state index in [1.807, 2.05) is 12.1 Å². The van der Waals surface area contributed by atoms with Crippen LogP contribution in [0.15, 0.2) is 16.9 Å². The van der Waals surface area contributed by atoms with Gasteiger partial charge in [0.1, 0.15) is 5.82 Å². The first-order valence-corrected chi connectivity index (χ1v) is 7.20. The highest BCUT2D eigenvalue weighted by molar-refractivity contribution is 5.45. The summed E-state index contributed by atoms with van der Waals surface area (Å²) in [6.07, 6.45) is 3.48. The second kappa shape index (κ2) is 5.62. The van der Waals surface area contributed by atoms with E-state index in [9.17, 15) is 4.79 Å². The molecule has 2 N–H and O–H groups in total. The summed E-state index contributed by atoms with van der Waals surface area (Å²) in [7, 11) is 0. The predicted molar refractivity (Wildman–Crippen MR) is 77.1 cm³/mol. The molecule has 0 spiro atoms. The van der Waals surface area contributed by atoms with E-state index in [1.165, 1.54) is 10.9 Å². The number of aromatic amines is 1. The Kier molecular flexibility index (Phi) is 3.68. The second-order valence-corrected chi connectivity index (χ2v) is 5.23. The minimum Gasteiger partial charge on any atom is -0.354 e. The van der Waals surface area contributed by atoms with Crippen LogP contribution in [0, 0.1) is 0 Å². The largest absolute Gasteiger partial charge is 0.364 e. The van der Waals surface area contributed by atoms with Gasteiger partial charge in [-0.2, -0.15) is 9.61 Å². The van der Waals surface area contributed by atoms with Crippen LogP contribution in [0.1, 0.15) is 26.2 Å². The first kappa shape index (κ1) is 13.1. The first-order chi connectivity index (χ1) is 9.78. The van der Waals surface area contributed by atoms with Gasteiger partial charge in [-0.15, -0.1) is 5.10 Å². The molecule has 2 aromatic heterocycles. The van der Waals surface area contributed by atoms with Gasteiger partial charge in [0, 0.05) is 19.1 Å². The molecule has 0 radical (unpaired) electrons. The number of nitrogens with zero attached hydrogens (tertiary/aromatic N) is 4. The van der Waals surface area contributed by atoms with Crippen LogP contribution >= 0.6 is 0 Å². The molecule has 1 saturated heterocycles. The molecule has 20 heavy (non-hydrogen) atoms. The van der Waals surface area contributed by atoms with Crippen LogP contribution < -0.4 is 15.9 Å². The summed E-state index contributed by atoms with van der Waals surface area (Å²) in [6.45, 7) is 5.14. The fraction of sp³-hybridized carbons (Fsp3) is 0.615. The average molecular weight is 276 g/mol. The molecule has 7 heteroatoms. The summed E-state index contributed by atoms with van der Waals surface area (Å²) < 4.78 is 1.32. The monoisotopic (exact) mass is 276 g/mol. The molecule has 108 valence electrons. The SMILES string of the molecule is CCCNC1CCCN(c2ccc3n[nH]c(=O)n3n2)C1. The number of hydrogen-bond acceptors (Lipinski definition) is 5. The van der Waals surface area contributed by atoms with Gasteiger partial charge in [0.05, 0.1) is 0 Å². The number of aromatic nitrogens is 4. The minimum atomic E-state index is -0.292. The Balaban J connectivity index is 1.79. The summed E-state index contributed by atoms with van der Waals surface area (Å²) >= 11 is 0. The van der Waals surface area contributed by atoms with Crippen molar-refractivity contribution in [2.45, 2.75) is 32.2 Å². The number of hydrogen-bond donors (Lipinski definition) is 2. The Morgan fingerprint density at radius 2 is 2.40 bits per heavy atom. The molecule has 7 nitrogen and oxygen atoms in total. The van der Waals surface area contributed by atoms with Gasteiger partial charge in [0.2, 0.25) is 0 Å². The Hall–Kier alpha value is -1.89. The fourth-order valence-corrected chi connectivity index (χ4v) is 2.66. The van der Waals surface area contributed by atoms with Gasteiger partial charge >= 0.3 is 5.69 Å².